The van der Waals surface area contributed by atoms with Gasteiger partial charge in [0.05, 0.1) is 6.10 Å². The number of halogens is 1. The van der Waals surface area contributed by atoms with Crippen LogP contribution in [0.1, 0.15) is 46.0 Å². The molecule has 1 aliphatic rings. The van der Waals surface area contributed by atoms with Crippen molar-refractivity contribution in [3.05, 3.63) is 0 Å². The molecule has 0 aromatic rings. The molecule has 0 saturated carbocycles. The summed E-state index contributed by atoms with van der Waals surface area (Å²) in [6, 6.07) is 0. The van der Waals surface area contributed by atoms with Gasteiger partial charge in [0, 0.05) is 12.4 Å². The van der Waals surface area contributed by atoms with E-state index in [4.69, 9.17) is 16.3 Å². The summed E-state index contributed by atoms with van der Waals surface area (Å²) < 4.78 is 5.54. The Morgan fingerprint density at radius 3 is 2.76 bits per heavy atom. The summed E-state index contributed by atoms with van der Waals surface area (Å²) in [6.45, 7) is 4.90. The van der Waals surface area contributed by atoms with Gasteiger partial charge in [-0.1, -0.05) is 13.3 Å². The topological polar surface area (TPSA) is 38.3 Å². The fraction of sp³-hybridized carbons (Fsp3) is 0.923. The van der Waals surface area contributed by atoms with Gasteiger partial charge in [0.25, 0.3) is 0 Å². The van der Waals surface area contributed by atoms with E-state index in [9.17, 15) is 4.79 Å². The monoisotopic (exact) mass is 261 g/mol. The van der Waals surface area contributed by atoms with Crippen LogP contribution in [-0.2, 0) is 9.53 Å². The van der Waals surface area contributed by atoms with E-state index in [1.807, 2.05) is 6.92 Å². The summed E-state index contributed by atoms with van der Waals surface area (Å²) in [4.78, 5) is 11.8. The molecular formula is C13H24ClNO2. The second-order valence-electron chi connectivity index (χ2n) is 4.89. The minimum atomic E-state index is -0.233. The predicted molar refractivity (Wildman–Crippen MR) is 70.3 cm³/mol. The van der Waals surface area contributed by atoms with E-state index in [1.54, 1.807) is 0 Å². The van der Waals surface area contributed by atoms with Crippen LogP contribution in [0.4, 0.5) is 0 Å². The van der Waals surface area contributed by atoms with E-state index in [1.165, 1.54) is 0 Å². The van der Waals surface area contributed by atoms with E-state index >= 15 is 0 Å². The smallest absolute Gasteiger partial charge is 0.249 e. The van der Waals surface area contributed by atoms with Crippen molar-refractivity contribution in [1.29, 1.82) is 0 Å². The zero-order valence-corrected chi connectivity index (χ0v) is 11.6. The molecular weight excluding hydrogens is 238 g/mol. The number of rotatable bonds is 7. The average Bonchev–Trinajstić information content (AvgIpc) is 2.73. The molecule has 0 spiro atoms. The van der Waals surface area contributed by atoms with Crippen molar-refractivity contribution in [1.82, 2.24) is 5.32 Å². The molecule has 0 radical (unpaired) electrons. The van der Waals surface area contributed by atoms with Crippen molar-refractivity contribution < 1.29 is 9.53 Å². The van der Waals surface area contributed by atoms with Crippen LogP contribution in [0.25, 0.3) is 0 Å². The minimum Gasteiger partial charge on any atom is -0.365 e. The van der Waals surface area contributed by atoms with Gasteiger partial charge >= 0.3 is 0 Å². The van der Waals surface area contributed by atoms with Crippen LogP contribution in [0, 0.1) is 5.92 Å². The van der Waals surface area contributed by atoms with Gasteiger partial charge < -0.3 is 10.1 Å². The second kappa shape index (κ2) is 7.93. The SMILES string of the molecule is CCCC(CCCl)CNC(=O)C1CCC(C)O1. The fourth-order valence-corrected chi connectivity index (χ4v) is 2.57. The highest BCUT2D eigenvalue weighted by molar-refractivity contribution is 6.17. The summed E-state index contributed by atoms with van der Waals surface area (Å²) in [6.07, 6.45) is 5.04. The molecule has 17 heavy (non-hydrogen) atoms. The maximum absolute atomic E-state index is 11.8. The van der Waals surface area contributed by atoms with Crippen LogP contribution in [-0.4, -0.2) is 30.5 Å². The van der Waals surface area contributed by atoms with Crippen LogP contribution in [0.5, 0.6) is 0 Å². The molecule has 0 aliphatic carbocycles. The van der Waals surface area contributed by atoms with E-state index in [0.717, 1.165) is 38.6 Å². The average molecular weight is 262 g/mol. The third-order valence-corrected chi connectivity index (χ3v) is 3.52. The van der Waals surface area contributed by atoms with Crippen molar-refractivity contribution in [3.63, 3.8) is 0 Å². The molecule has 1 N–H and O–H groups in total. The van der Waals surface area contributed by atoms with Crippen LogP contribution in [0.15, 0.2) is 0 Å². The zero-order valence-electron chi connectivity index (χ0n) is 10.9. The number of hydrogen-bond donors (Lipinski definition) is 1. The highest BCUT2D eigenvalue weighted by Gasteiger charge is 2.28. The summed E-state index contributed by atoms with van der Waals surface area (Å²) in [5, 5.41) is 2.99. The molecule has 1 rings (SSSR count). The lowest BCUT2D eigenvalue weighted by Crippen LogP contribution is -2.37. The summed E-state index contributed by atoms with van der Waals surface area (Å²) in [5.74, 6) is 1.21. The molecule has 3 unspecified atom stereocenters. The number of carbonyl (C=O) groups excluding carboxylic acids is 1. The first kappa shape index (κ1) is 14.8. The number of alkyl halides is 1. The van der Waals surface area contributed by atoms with Crippen molar-refractivity contribution in [2.45, 2.75) is 58.2 Å². The minimum absolute atomic E-state index is 0.0463. The third-order valence-electron chi connectivity index (χ3n) is 3.30. The third kappa shape index (κ3) is 5.26. The van der Waals surface area contributed by atoms with Crippen LogP contribution in [0.3, 0.4) is 0 Å². The maximum Gasteiger partial charge on any atom is 0.249 e. The maximum atomic E-state index is 11.8. The first-order chi connectivity index (χ1) is 8.17. The number of hydrogen-bond acceptors (Lipinski definition) is 2. The lowest BCUT2D eigenvalue weighted by Gasteiger charge is -2.17. The van der Waals surface area contributed by atoms with E-state index < -0.39 is 0 Å². The highest BCUT2D eigenvalue weighted by atomic mass is 35.5. The molecule has 1 saturated heterocycles. The van der Waals surface area contributed by atoms with Gasteiger partial charge in [-0.05, 0) is 38.5 Å². The first-order valence-electron chi connectivity index (χ1n) is 6.66. The van der Waals surface area contributed by atoms with Crippen molar-refractivity contribution in [2.75, 3.05) is 12.4 Å². The molecule has 4 heteroatoms. The molecule has 3 atom stereocenters. The van der Waals surface area contributed by atoms with Crippen molar-refractivity contribution in [3.8, 4) is 0 Å². The van der Waals surface area contributed by atoms with Gasteiger partial charge in [0.2, 0.25) is 5.91 Å². The molecule has 1 amide bonds. The number of nitrogens with one attached hydrogen (secondary N) is 1. The number of carbonyl (C=O) groups is 1. The van der Waals surface area contributed by atoms with Gasteiger partial charge in [0.1, 0.15) is 6.10 Å². The second-order valence-corrected chi connectivity index (χ2v) is 5.27. The van der Waals surface area contributed by atoms with Crippen molar-refractivity contribution in [2.24, 2.45) is 5.92 Å². The van der Waals surface area contributed by atoms with E-state index in [0.29, 0.717) is 11.8 Å². The Labute approximate surface area is 109 Å². The van der Waals surface area contributed by atoms with Gasteiger partial charge in [-0.15, -0.1) is 11.6 Å². The Bertz CT molecular complexity index is 229. The molecule has 1 heterocycles. The van der Waals surface area contributed by atoms with Gasteiger partial charge in [-0.2, -0.15) is 0 Å². The molecule has 1 fully saturated rings. The molecule has 0 bridgehead atoms. The Morgan fingerprint density at radius 1 is 1.47 bits per heavy atom. The molecule has 1 aliphatic heterocycles. The number of amides is 1. The summed E-state index contributed by atoms with van der Waals surface area (Å²) in [7, 11) is 0. The largest absolute Gasteiger partial charge is 0.365 e. The quantitative estimate of drug-likeness (QED) is 0.716. The fourth-order valence-electron chi connectivity index (χ4n) is 2.27. The first-order valence-corrected chi connectivity index (χ1v) is 7.20. The van der Waals surface area contributed by atoms with Crippen LogP contribution >= 0.6 is 11.6 Å². The van der Waals surface area contributed by atoms with Gasteiger partial charge in [0.15, 0.2) is 0 Å². The lowest BCUT2D eigenvalue weighted by molar-refractivity contribution is -0.131. The van der Waals surface area contributed by atoms with E-state index in [2.05, 4.69) is 12.2 Å². The van der Waals surface area contributed by atoms with Crippen LogP contribution in [0.2, 0.25) is 0 Å². The molecule has 0 aromatic carbocycles. The zero-order chi connectivity index (χ0) is 12.7. The van der Waals surface area contributed by atoms with E-state index in [-0.39, 0.29) is 18.1 Å². The normalized spacial score (nSPS) is 25.8. The van der Waals surface area contributed by atoms with Crippen molar-refractivity contribution >= 4 is 17.5 Å². The standard InChI is InChI=1S/C13H24ClNO2/c1-3-4-11(7-8-14)9-15-13(16)12-6-5-10(2)17-12/h10-12H,3-9H2,1-2H3,(H,15,16). The van der Waals surface area contributed by atoms with Gasteiger partial charge in [-0.3, -0.25) is 4.79 Å². The Balaban J connectivity index is 2.25. The predicted octanol–water partition coefficient (Wildman–Crippen LogP) is 2.72. The van der Waals surface area contributed by atoms with Gasteiger partial charge in [-0.25, -0.2) is 0 Å². The Hall–Kier alpha value is -0.280. The Kier molecular flexibility index (Phi) is 6.90. The molecule has 100 valence electrons. The number of ether oxygens (including phenoxy) is 1. The summed E-state index contributed by atoms with van der Waals surface area (Å²) in [5.41, 5.74) is 0. The summed E-state index contributed by atoms with van der Waals surface area (Å²) >= 11 is 5.76. The molecule has 0 aromatic heterocycles. The Morgan fingerprint density at radius 2 is 2.24 bits per heavy atom. The molecule has 3 nitrogen and oxygen atoms in total. The van der Waals surface area contributed by atoms with Crippen LogP contribution < -0.4 is 5.32 Å². The lowest BCUT2D eigenvalue weighted by atomic mass is 10.0. The highest BCUT2D eigenvalue weighted by Crippen LogP contribution is 2.19.